The second-order valence-corrected chi connectivity index (χ2v) is 2.28. The van der Waals surface area contributed by atoms with E-state index < -0.39 is 0 Å². The molecule has 0 nitrogen and oxygen atoms in total. The summed E-state index contributed by atoms with van der Waals surface area (Å²) in [5, 5.41) is 0. The molecular weight excluding hydrogens is 147 g/mol. The van der Waals surface area contributed by atoms with E-state index in [0.717, 1.165) is 4.90 Å². The van der Waals surface area contributed by atoms with E-state index in [9.17, 15) is 0 Å². The van der Waals surface area contributed by atoms with Crippen LogP contribution in [0, 0.1) is 6.92 Å². The Kier molecular flexibility index (Phi) is 10.1. The summed E-state index contributed by atoms with van der Waals surface area (Å²) in [6.07, 6.45) is 0. The van der Waals surface area contributed by atoms with Gasteiger partial charge in [-0.2, -0.15) is 4.90 Å². The van der Waals surface area contributed by atoms with Gasteiger partial charge in [-0.1, -0.05) is 43.7 Å². The van der Waals surface area contributed by atoms with E-state index in [4.69, 9.17) is 12.6 Å². The molecule has 56 valence electrons. The van der Waals surface area contributed by atoms with Gasteiger partial charge in [-0.15, -0.1) is 0 Å². The maximum Gasteiger partial charge on any atom is 1.00 e. The van der Waals surface area contributed by atoms with Crippen molar-refractivity contribution in [2.24, 2.45) is 0 Å². The first-order chi connectivity index (χ1) is 4.79. The Morgan fingerprint density at radius 3 is 1.64 bits per heavy atom. The second kappa shape index (κ2) is 8.14. The summed E-state index contributed by atoms with van der Waals surface area (Å²) in [7, 11) is 0. The third kappa shape index (κ3) is 6.44. The zero-order chi connectivity index (χ0) is 7.98. The molecule has 0 radical (unpaired) electrons. The van der Waals surface area contributed by atoms with Gasteiger partial charge in [-0.05, 0) is 6.92 Å². The van der Waals surface area contributed by atoms with Crippen LogP contribution in [0.15, 0.2) is 29.2 Å². The van der Waals surface area contributed by atoms with Gasteiger partial charge >= 0.3 is 18.9 Å². The average molecular weight is 160 g/mol. The number of rotatable bonds is 0. The summed E-state index contributed by atoms with van der Waals surface area (Å²) >= 11 is 4.87. The minimum atomic E-state index is 0. The van der Waals surface area contributed by atoms with Crippen molar-refractivity contribution >= 4 is 12.6 Å². The molecule has 0 saturated carbocycles. The SMILES string of the molecule is CC.Cc1ccc([S-])cc1.[Li+]. The largest absolute Gasteiger partial charge is 1.00 e. The summed E-state index contributed by atoms with van der Waals surface area (Å²) in [5.41, 5.74) is 1.26. The van der Waals surface area contributed by atoms with Gasteiger partial charge in [0.2, 0.25) is 0 Å². The van der Waals surface area contributed by atoms with Gasteiger partial charge in [-0.25, -0.2) is 0 Å². The van der Waals surface area contributed by atoms with Crippen molar-refractivity contribution in [1.29, 1.82) is 0 Å². The molecule has 0 unspecified atom stereocenters. The molecular formula is C9H13LiS. The van der Waals surface area contributed by atoms with E-state index in [-0.39, 0.29) is 18.9 Å². The van der Waals surface area contributed by atoms with Crippen LogP contribution < -0.4 is 18.9 Å². The standard InChI is InChI=1S/C7H8S.C2H6.Li/c1-6-2-4-7(8)5-3-6;1-2;/h2-5,8H,1H3;1-2H3;/q;;+1/p-1. The van der Waals surface area contributed by atoms with Crippen molar-refractivity contribution in [3.05, 3.63) is 29.8 Å². The number of hydrogen-bond donors (Lipinski definition) is 0. The number of aryl methyl sites for hydroxylation is 1. The van der Waals surface area contributed by atoms with E-state index in [2.05, 4.69) is 6.92 Å². The van der Waals surface area contributed by atoms with Gasteiger partial charge in [-0.3, -0.25) is 0 Å². The molecule has 0 aliphatic carbocycles. The van der Waals surface area contributed by atoms with Gasteiger partial charge in [0, 0.05) is 0 Å². The fourth-order valence-corrected chi connectivity index (χ4v) is 0.674. The summed E-state index contributed by atoms with van der Waals surface area (Å²) in [4.78, 5) is 0.913. The fourth-order valence-electron chi connectivity index (χ4n) is 0.538. The van der Waals surface area contributed by atoms with Crippen LogP contribution in [0.4, 0.5) is 0 Å². The Morgan fingerprint density at radius 2 is 1.36 bits per heavy atom. The minimum absolute atomic E-state index is 0. The van der Waals surface area contributed by atoms with E-state index in [1.165, 1.54) is 5.56 Å². The molecule has 0 heterocycles. The summed E-state index contributed by atoms with van der Waals surface area (Å²) in [6.45, 7) is 6.05. The van der Waals surface area contributed by atoms with E-state index in [1.54, 1.807) is 0 Å². The predicted molar refractivity (Wildman–Crippen MR) is 48.2 cm³/mol. The number of benzene rings is 1. The minimum Gasteiger partial charge on any atom is -0.780 e. The Balaban J connectivity index is 0. The third-order valence-corrected chi connectivity index (χ3v) is 1.29. The smallest absolute Gasteiger partial charge is 0.780 e. The third-order valence-electron chi connectivity index (χ3n) is 1.02. The molecule has 0 fully saturated rings. The fraction of sp³-hybridized carbons (Fsp3) is 0.333. The van der Waals surface area contributed by atoms with Gasteiger partial charge in [0.05, 0.1) is 0 Å². The van der Waals surface area contributed by atoms with Crippen LogP contribution in [0.2, 0.25) is 0 Å². The van der Waals surface area contributed by atoms with Gasteiger partial charge < -0.3 is 12.6 Å². The first-order valence-electron chi connectivity index (χ1n) is 3.53. The molecule has 0 amide bonds. The molecule has 2 heteroatoms. The Labute approximate surface area is 87.0 Å². The first-order valence-corrected chi connectivity index (χ1v) is 3.93. The van der Waals surface area contributed by atoms with Crippen LogP contribution in [-0.2, 0) is 12.6 Å². The van der Waals surface area contributed by atoms with Crippen molar-refractivity contribution in [3.8, 4) is 0 Å². The van der Waals surface area contributed by atoms with E-state index in [1.807, 2.05) is 38.1 Å². The average Bonchev–Trinajstić information content (AvgIpc) is 2.00. The monoisotopic (exact) mass is 160 g/mol. The van der Waals surface area contributed by atoms with Crippen molar-refractivity contribution < 1.29 is 18.9 Å². The molecule has 0 aliphatic heterocycles. The van der Waals surface area contributed by atoms with Crippen LogP contribution in [0.25, 0.3) is 0 Å². The molecule has 0 aromatic heterocycles. The maximum atomic E-state index is 4.87. The predicted octanol–water partition coefficient (Wildman–Crippen LogP) is -0.0690. The maximum absolute atomic E-state index is 4.87. The van der Waals surface area contributed by atoms with E-state index in [0.29, 0.717) is 0 Å². The summed E-state index contributed by atoms with van der Waals surface area (Å²) < 4.78 is 0. The van der Waals surface area contributed by atoms with Crippen molar-refractivity contribution in [2.75, 3.05) is 0 Å². The molecule has 0 bridgehead atoms. The second-order valence-electron chi connectivity index (χ2n) is 1.81. The topological polar surface area (TPSA) is 0 Å². The Morgan fingerprint density at radius 1 is 1.00 bits per heavy atom. The summed E-state index contributed by atoms with van der Waals surface area (Å²) in [6, 6.07) is 7.90. The molecule has 0 saturated heterocycles. The normalized spacial score (nSPS) is 7.18. The Hall–Kier alpha value is 0.0374. The Bertz CT molecular complexity index is 148. The molecule has 0 N–H and O–H groups in total. The van der Waals surface area contributed by atoms with Crippen LogP contribution in [0.3, 0.4) is 0 Å². The molecule has 1 rings (SSSR count). The molecule has 0 aliphatic rings. The van der Waals surface area contributed by atoms with Gasteiger partial charge in [0.25, 0.3) is 0 Å². The van der Waals surface area contributed by atoms with Crippen LogP contribution in [0.5, 0.6) is 0 Å². The van der Waals surface area contributed by atoms with Gasteiger partial charge in [0.15, 0.2) is 0 Å². The molecule has 11 heavy (non-hydrogen) atoms. The van der Waals surface area contributed by atoms with Crippen LogP contribution in [-0.4, -0.2) is 0 Å². The molecule has 0 atom stereocenters. The zero-order valence-corrected chi connectivity index (χ0v) is 8.53. The molecule has 0 spiro atoms. The van der Waals surface area contributed by atoms with Crippen molar-refractivity contribution in [1.82, 2.24) is 0 Å². The molecule has 1 aromatic carbocycles. The van der Waals surface area contributed by atoms with Gasteiger partial charge in [0.1, 0.15) is 0 Å². The first kappa shape index (κ1) is 13.6. The zero-order valence-electron chi connectivity index (χ0n) is 7.72. The summed E-state index contributed by atoms with van der Waals surface area (Å²) in [5.74, 6) is 0. The van der Waals surface area contributed by atoms with Crippen LogP contribution in [0.1, 0.15) is 19.4 Å². The van der Waals surface area contributed by atoms with Crippen molar-refractivity contribution in [2.45, 2.75) is 25.7 Å². The number of hydrogen-bond acceptors (Lipinski definition) is 1. The van der Waals surface area contributed by atoms with Crippen LogP contribution >= 0.6 is 0 Å². The molecule has 1 aromatic rings. The van der Waals surface area contributed by atoms with Crippen molar-refractivity contribution in [3.63, 3.8) is 0 Å². The quantitative estimate of drug-likeness (QED) is 0.378. The van der Waals surface area contributed by atoms with E-state index >= 15 is 0 Å².